The summed E-state index contributed by atoms with van der Waals surface area (Å²) >= 11 is 0. The highest BCUT2D eigenvalue weighted by molar-refractivity contribution is 5.80. The molecule has 108 valence electrons. The van der Waals surface area contributed by atoms with Gasteiger partial charge in [0.1, 0.15) is 17.3 Å². The highest BCUT2D eigenvalue weighted by Gasteiger charge is 2.24. The zero-order chi connectivity index (χ0) is 14.6. The lowest BCUT2D eigenvalue weighted by Gasteiger charge is -2.18. The van der Waals surface area contributed by atoms with Gasteiger partial charge >= 0.3 is 0 Å². The molecule has 2 N–H and O–H groups in total. The third kappa shape index (κ3) is 4.02. The van der Waals surface area contributed by atoms with E-state index < -0.39 is 11.6 Å². The molecule has 0 saturated carbocycles. The molecule has 19 heavy (non-hydrogen) atoms. The van der Waals surface area contributed by atoms with Gasteiger partial charge in [0.05, 0.1) is 6.20 Å². The zero-order valence-electron chi connectivity index (χ0n) is 12.3. The smallest absolute Gasteiger partial charge is 0.244 e. The predicted octanol–water partition coefficient (Wildman–Crippen LogP) is 1.37. The standard InChI is InChI=1S/C13H24N4O2/c1-6-10(7-2)14-12(18)9(3)17-8-11(15-16-17)13(4,5)19/h8-10,19H,6-7H2,1-5H3,(H,14,18). The molecular formula is C13H24N4O2. The maximum Gasteiger partial charge on any atom is 0.244 e. The highest BCUT2D eigenvalue weighted by Crippen LogP contribution is 2.17. The molecule has 0 aliphatic carbocycles. The van der Waals surface area contributed by atoms with Gasteiger partial charge in [0.15, 0.2) is 0 Å². The Morgan fingerprint density at radius 1 is 1.47 bits per heavy atom. The average Bonchev–Trinajstić information content (AvgIpc) is 2.83. The van der Waals surface area contributed by atoms with Crippen LogP contribution in [0.3, 0.4) is 0 Å². The second-order valence-corrected chi connectivity index (χ2v) is 5.34. The summed E-state index contributed by atoms with van der Waals surface area (Å²) in [6, 6.07) is -0.253. The third-order valence-corrected chi connectivity index (χ3v) is 3.25. The molecule has 0 bridgehead atoms. The Labute approximate surface area is 114 Å². The number of nitrogens with one attached hydrogen (secondary N) is 1. The Morgan fingerprint density at radius 2 is 2.05 bits per heavy atom. The number of hydrogen-bond donors (Lipinski definition) is 2. The topological polar surface area (TPSA) is 80.0 Å². The number of aromatic nitrogens is 3. The maximum absolute atomic E-state index is 12.1. The van der Waals surface area contributed by atoms with E-state index in [1.165, 1.54) is 4.68 Å². The Hall–Kier alpha value is -1.43. The predicted molar refractivity (Wildman–Crippen MR) is 72.5 cm³/mol. The largest absolute Gasteiger partial charge is 0.384 e. The molecule has 6 heteroatoms. The van der Waals surface area contributed by atoms with Gasteiger partial charge in [-0.3, -0.25) is 4.79 Å². The lowest BCUT2D eigenvalue weighted by atomic mass is 10.1. The normalized spacial score (nSPS) is 13.6. The minimum atomic E-state index is -1.05. The molecular weight excluding hydrogens is 244 g/mol. The first-order valence-electron chi connectivity index (χ1n) is 6.74. The van der Waals surface area contributed by atoms with Crippen LogP contribution in [0.15, 0.2) is 6.20 Å². The van der Waals surface area contributed by atoms with Gasteiger partial charge in [-0.15, -0.1) is 5.10 Å². The van der Waals surface area contributed by atoms with Gasteiger partial charge in [0, 0.05) is 6.04 Å². The van der Waals surface area contributed by atoms with Crippen molar-refractivity contribution in [3.63, 3.8) is 0 Å². The summed E-state index contributed by atoms with van der Waals surface area (Å²) in [6.45, 7) is 9.12. The van der Waals surface area contributed by atoms with Gasteiger partial charge in [-0.25, -0.2) is 4.68 Å². The van der Waals surface area contributed by atoms with Crippen molar-refractivity contribution in [1.82, 2.24) is 20.3 Å². The third-order valence-electron chi connectivity index (χ3n) is 3.25. The summed E-state index contributed by atoms with van der Waals surface area (Å²) in [5, 5.41) is 20.6. The monoisotopic (exact) mass is 268 g/mol. The molecule has 0 aliphatic rings. The van der Waals surface area contributed by atoms with Crippen LogP contribution in [0.5, 0.6) is 0 Å². The molecule has 0 fully saturated rings. The van der Waals surface area contributed by atoms with Crippen molar-refractivity contribution in [2.45, 2.75) is 65.1 Å². The minimum Gasteiger partial charge on any atom is -0.384 e. The second kappa shape index (κ2) is 6.14. The van der Waals surface area contributed by atoms with Crippen molar-refractivity contribution in [2.75, 3.05) is 0 Å². The minimum absolute atomic E-state index is 0.0825. The fraction of sp³-hybridized carbons (Fsp3) is 0.769. The molecule has 1 heterocycles. The SMILES string of the molecule is CCC(CC)NC(=O)C(C)n1cc(C(C)(C)O)nn1. The number of carbonyl (C=O) groups is 1. The Balaban J connectivity index is 2.74. The second-order valence-electron chi connectivity index (χ2n) is 5.34. The van der Waals surface area contributed by atoms with E-state index in [4.69, 9.17) is 0 Å². The van der Waals surface area contributed by atoms with Crippen LogP contribution in [0.2, 0.25) is 0 Å². The van der Waals surface area contributed by atoms with Crippen LogP contribution < -0.4 is 5.32 Å². The van der Waals surface area contributed by atoms with Crippen molar-refractivity contribution in [3.05, 3.63) is 11.9 Å². The summed E-state index contributed by atoms with van der Waals surface area (Å²) in [5.74, 6) is -0.0825. The lowest BCUT2D eigenvalue weighted by molar-refractivity contribution is -0.124. The highest BCUT2D eigenvalue weighted by atomic mass is 16.3. The molecule has 0 aliphatic heterocycles. The molecule has 1 aromatic rings. The van der Waals surface area contributed by atoms with Crippen LogP contribution in [0.25, 0.3) is 0 Å². The van der Waals surface area contributed by atoms with E-state index in [1.54, 1.807) is 27.0 Å². The Bertz CT molecular complexity index is 419. The van der Waals surface area contributed by atoms with Crippen LogP contribution in [0.1, 0.15) is 59.2 Å². The van der Waals surface area contributed by atoms with Gasteiger partial charge < -0.3 is 10.4 Å². The van der Waals surface area contributed by atoms with E-state index in [0.29, 0.717) is 5.69 Å². The van der Waals surface area contributed by atoms with Gasteiger partial charge in [-0.05, 0) is 33.6 Å². The van der Waals surface area contributed by atoms with E-state index in [9.17, 15) is 9.90 Å². The average molecular weight is 268 g/mol. The fourth-order valence-electron chi connectivity index (χ4n) is 1.68. The van der Waals surface area contributed by atoms with Gasteiger partial charge in [0.25, 0.3) is 0 Å². The van der Waals surface area contributed by atoms with Crippen LogP contribution in [-0.2, 0) is 10.4 Å². The van der Waals surface area contributed by atoms with Crippen molar-refractivity contribution < 1.29 is 9.90 Å². The molecule has 1 aromatic heterocycles. The quantitative estimate of drug-likeness (QED) is 0.816. The summed E-state index contributed by atoms with van der Waals surface area (Å²) in [7, 11) is 0. The van der Waals surface area contributed by atoms with Crippen molar-refractivity contribution >= 4 is 5.91 Å². The Morgan fingerprint density at radius 3 is 2.47 bits per heavy atom. The number of aliphatic hydroxyl groups is 1. The number of carbonyl (C=O) groups excluding carboxylic acids is 1. The summed E-state index contributed by atoms with van der Waals surface area (Å²) in [6.07, 6.45) is 3.42. The van der Waals surface area contributed by atoms with E-state index in [0.717, 1.165) is 12.8 Å². The fourth-order valence-corrected chi connectivity index (χ4v) is 1.68. The van der Waals surface area contributed by atoms with Gasteiger partial charge in [-0.2, -0.15) is 0 Å². The summed E-state index contributed by atoms with van der Waals surface area (Å²) in [4.78, 5) is 12.1. The van der Waals surface area contributed by atoms with Crippen molar-refractivity contribution in [2.24, 2.45) is 0 Å². The number of hydrogen-bond acceptors (Lipinski definition) is 4. The molecule has 1 atom stereocenters. The Kier molecular flexibility index (Phi) is 5.05. The van der Waals surface area contributed by atoms with Gasteiger partial charge in [0.2, 0.25) is 5.91 Å². The van der Waals surface area contributed by atoms with Crippen LogP contribution >= 0.6 is 0 Å². The zero-order valence-corrected chi connectivity index (χ0v) is 12.3. The van der Waals surface area contributed by atoms with Gasteiger partial charge in [-0.1, -0.05) is 19.1 Å². The summed E-state index contributed by atoms with van der Waals surface area (Å²) < 4.78 is 1.48. The molecule has 1 rings (SSSR count). The van der Waals surface area contributed by atoms with Crippen molar-refractivity contribution in [3.8, 4) is 0 Å². The lowest BCUT2D eigenvalue weighted by Crippen LogP contribution is -2.38. The van der Waals surface area contributed by atoms with E-state index in [2.05, 4.69) is 15.6 Å². The molecule has 0 radical (unpaired) electrons. The van der Waals surface area contributed by atoms with E-state index in [-0.39, 0.29) is 11.9 Å². The van der Waals surface area contributed by atoms with E-state index in [1.807, 2.05) is 13.8 Å². The summed E-state index contributed by atoms with van der Waals surface area (Å²) in [5.41, 5.74) is -0.598. The molecule has 1 unspecified atom stereocenters. The van der Waals surface area contributed by atoms with Crippen molar-refractivity contribution in [1.29, 1.82) is 0 Å². The number of rotatable bonds is 6. The molecule has 0 saturated heterocycles. The van der Waals surface area contributed by atoms with Crippen LogP contribution in [-0.4, -0.2) is 32.0 Å². The maximum atomic E-state index is 12.1. The van der Waals surface area contributed by atoms with Crippen LogP contribution in [0.4, 0.5) is 0 Å². The first kappa shape index (κ1) is 15.6. The van der Waals surface area contributed by atoms with Crippen LogP contribution in [0, 0.1) is 0 Å². The molecule has 1 amide bonds. The number of amides is 1. The molecule has 6 nitrogen and oxygen atoms in total. The molecule has 0 spiro atoms. The number of nitrogens with zero attached hydrogens (tertiary/aromatic N) is 3. The van der Waals surface area contributed by atoms with E-state index >= 15 is 0 Å². The first-order chi connectivity index (χ1) is 8.79. The molecule has 0 aromatic carbocycles. The first-order valence-corrected chi connectivity index (χ1v) is 6.74.